The zero-order valence-corrected chi connectivity index (χ0v) is 14.8. The van der Waals surface area contributed by atoms with Gasteiger partial charge in [-0.05, 0) is 43.1 Å². The van der Waals surface area contributed by atoms with E-state index in [-0.39, 0.29) is 0 Å². The molecule has 0 aromatic heterocycles. The van der Waals surface area contributed by atoms with Crippen LogP contribution in [0.5, 0.6) is 0 Å². The van der Waals surface area contributed by atoms with Crippen molar-refractivity contribution >= 4 is 34.5 Å². The number of anilines is 1. The number of aryl methyl sites for hydroxylation is 1. The Morgan fingerprint density at radius 1 is 0.947 bits per heavy atom. The molecule has 0 bridgehead atoms. The van der Waals surface area contributed by atoms with Crippen LogP contribution >= 0.6 is 22.2 Å². The minimum absolute atomic E-state index is 1.02. The predicted octanol–water partition coefficient (Wildman–Crippen LogP) is 5.41. The van der Waals surface area contributed by atoms with Gasteiger partial charge in [0.15, 0.2) is 0 Å². The molecule has 4 heteroatoms. The second-order valence-corrected chi connectivity index (χ2v) is 13.8. The quantitative estimate of drug-likeness (QED) is 0.352. The van der Waals surface area contributed by atoms with Crippen LogP contribution in [-0.2, 0) is 6.42 Å². The Morgan fingerprint density at radius 3 is 2.05 bits per heavy atom. The maximum Gasteiger partial charge on any atom is 0.248 e. The van der Waals surface area contributed by atoms with Crippen LogP contribution in [0.4, 0.5) is 5.69 Å². The molecule has 0 radical (unpaired) electrons. The largest absolute Gasteiger partial charge is 0.378 e. The van der Waals surface area contributed by atoms with E-state index in [0.29, 0.717) is 0 Å². The summed E-state index contributed by atoms with van der Waals surface area (Å²) in [6, 6.07) is 9.86. The molecule has 0 aliphatic heterocycles. The van der Waals surface area contributed by atoms with Gasteiger partial charge in [0.25, 0.3) is 0 Å². The van der Waals surface area contributed by atoms with E-state index < -0.39 is 6.69 Å². The second-order valence-electron chi connectivity index (χ2n) is 5.55. The van der Waals surface area contributed by atoms with E-state index in [2.05, 4.69) is 43.3 Å². The third-order valence-corrected chi connectivity index (χ3v) is 5.65. The Kier molecular flexibility index (Phi) is 7.26. The maximum absolute atomic E-state index is 6.08. The van der Waals surface area contributed by atoms with Crippen molar-refractivity contribution in [1.29, 1.82) is 0 Å². The maximum atomic E-state index is 6.08. The molecule has 0 saturated carbocycles. The zero-order valence-electron chi connectivity index (χ0n) is 12.3. The van der Waals surface area contributed by atoms with Crippen LogP contribution in [0, 0.1) is 0 Å². The highest BCUT2D eigenvalue weighted by molar-refractivity contribution is 7.44. The summed E-state index contributed by atoms with van der Waals surface area (Å²) >= 11 is 12.2. The highest BCUT2D eigenvalue weighted by Gasteiger charge is 2.19. The average molecular weight is 318 g/mol. The monoisotopic (exact) mass is 317 g/mol. The third kappa shape index (κ3) is 7.86. The van der Waals surface area contributed by atoms with E-state index in [1.807, 2.05) is 6.55 Å². The molecule has 0 aliphatic carbocycles. The number of halogens is 2. The molecule has 1 aromatic rings. The van der Waals surface area contributed by atoms with Gasteiger partial charge in [-0.25, -0.2) is 0 Å². The van der Waals surface area contributed by atoms with Crippen molar-refractivity contribution in [2.24, 2.45) is 0 Å². The summed E-state index contributed by atoms with van der Waals surface area (Å²) in [5.74, 6) is 0. The average Bonchev–Trinajstić information content (AvgIpc) is 2.33. The molecule has 0 atom stereocenters. The Balaban J connectivity index is 2.16. The van der Waals surface area contributed by atoms with Crippen molar-refractivity contribution in [3.05, 3.63) is 29.8 Å². The van der Waals surface area contributed by atoms with Crippen LogP contribution in [0.15, 0.2) is 24.3 Å². The smallest absolute Gasteiger partial charge is 0.248 e. The van der Waals surface area contributed by atoms with Gasteiger partial charge < -0.3 is 4.90 Å². The summed E-state index contributed by atoms with van der Waals surface area (Å²) in [5, 5.41) is 0. The van der Waals surface area contributed by atoms with Crippen molar-refractivity contribution in [2.75, 3.05) is 19.0 Å². The summed E-state index contributed by atoms with van der Waals surface area (Å²) in [4.78, 5) is 2.13. The standard InChI is InChI=1S/C15H25Cl2NSi/c1-18(2)15-11-9-14(10-12-15)8-6-4-5-7-13-19(3,16)17/h9-12H,4-8,13H2,1-3H3. The molecule has 0 aliphatic rings. The molecule has 0 saturated heterocycles. The van der Waals surface area contributed by atoms with E-state index in [0.717, 1.165) is 6.04 Å². The first-order valence-electron chi connectivity index (χ1n) is 7.02. The molecule has 0 N–H and O–H groups in total. The lowest BCUT2D eigenvalue weighted by molar-refractivity contribution is 0.665. The fourth-order valence-corrected chi connectivity index (χ4v) is 3.75. The van der Waals surface area contributed by atoms with Crippen molar-refractivity contribution in [1.82, 2.24) is 0 Å². The van der Waals surface area contributed by atoms with Gasteiger partial charge in [0.2, 0.25) is 6.69 Å². The number of rotatable bonds is 8. The van der Waals surface area contributed by atoms with E-state index in [9.17, 15) is 0 Å². The fourth-order valence-electron chi connectivity index (χ4n) is 2.08. The molecule has 0 fully saturated rings. The molecular formula is C15H25Cl2NSi. The molecule has 1 aromatic carbocycles. The SMILES string of the molecule is CN(C)c1ccc(CCCCCC[Si](C)(Cl)Cl)cc1. The molecule has 1 rings (SSSR count). The summed E-state index contributed by atoms with van der Waals surface area (Å²) < 4.78 is 0. The van der Waals surface area contributed by atoms with Crippen molar-refractivity contribution in [3.63, 3.8) is 0 Å². The van der Waals surface area contributed by atoms with Gasteiger partial charge in [-0.1, -0.05) is 31.4 Å². The first-order valence-corrected chi connectivity index (χ1v) is 11.8. The molecule has 108 valence electrons. The topological polar surface area (TPSA) is 3.24 Å². The lowest BCUT2D eigenvalue weighted by Crippen LogP contribution is -2.11. The third-order valence-electron chi connectivity index (χ3n) is 3.28. The Labute approximate surface area is 128 Å². The molecule has 0 spiro atoms. The lowest BCUT2D eigenvalue weighted by atomic mass is 10.1. The van der Waals surface area contributed by atoms with Crippen LogP contribution < -0.4 is 4.90 Å². The molecule has 19 heavy (non-hydrogen) atoms. The van der Waals surface area contributed by atoms with E-state index in [4.69, 9.17) is 22.2 Å². The van der Waals surface area contributed by atoms with Gasteiger partial charge in [0, 0.05) is 19.8 Å². The summed E-state index contributed by atoms with van der Waals surface area (Å²) in [5.41, 5.74) is 2.69. The highest BCUT2D eigenvalue weighted by Crippen LogP contribution is 2.23. The van der Waals surface area contributed by atoms with Gasteiger partial charge in [-0.3, -0.25) is 0 Å². The Hall–Kier alpha value is -0.183. The highest BCUT2D eigenvalue weighted by atomic mass is 35.7. The van der Waals surface area contributed by atoms with Gasteiger partial charge >= 0.3 is 0 Å². The first-order chi connectivity index (χ1) is 8.88. The molecule has 0 unspecified atom stereocenters. The minimum Gasteiger partial charge on any atom is -0.378 e. The molecular weight excluding hydrogens is 293 g/mol. The summed E-state index contributed by atoms with van der Waals surface area (Å²) in [6.07, 6.45) is 6.12. The Bertz CT molecular complexity index is 357. The lowest BCUT2D eigenvalue weighted by Gasteiger charge is -2.12. The van der Waals surface area contributed by atoms with Crippen LogP contribution in [0.25, 0.3) is 0 Å². The summed E-state index contributed by atoms with van der Waals surface area (Å²) in [6.45, 7) is 0.144. The number of nitrogens with zero attached hydrogens (tertiary/aromatic N) is 1. The zero-order chi connectivity index (χ0) is 14.3. The number of unbranched alkanes of at least 4 members (excludes halogenated alkanes) is 3. The molecule has 1 nitrogen and oxygen atoms in total. The van der Waals surface area contributed by atoms with Crippen LogP contribution in [0.1, 0.15) is 31.2 Å². The minimum atomic E-state index is -1.86. The molecule has 0 amide bonds. The Morgan fingerprint density at radius 2 is 1.53 bits per heavy atom. The van der Waals surface area contributed by atoms with E-state index >= 15 is 0 Å². The van der Waals surface area contributed by atoms with Crippen LogP contribution in [0.2, 0.25) is 12.6 Å². The van der Waals surface area contributed by atoms with E-state index in [1.54, 1.807) is 0 Å². The van der Waals surface area contributed by atoms with E-state index in [1.165, 1.54) is 43.4 Å². The first kappa shape index (κ1) is 16.9. The van der Waals surface area contributed by atoms with Gasteiger partial charge in [-0.15, -0.1) is 22.2 Å². The van der Waals surface area contributed by atoms with Crippen LogP contribution in [0.3, 0.4) is 0 Å². The number of hydrogen-bond donors (Lipinski definition) is 0. The van der Waals surface area contributed by atoms with Gasteiger partial charge in [-0.2, -0.15) is 0 Å². The van der Waals surface area contributed by atoms with Crippen molar-refractivity contribution in [3.8, 4) is 0 Å². The number of hydrogen-bond acceptors (Lipinski definition) is 1. The van der Waals surface area contributed by atoms with Crippen molar-refractivity contribution in [2.45, 2.75) is 44.7 Å². The van der Waals surface area contributed by atoms with Crippen molar-refractivity contribution < 1.29 is 0 Å². The van der Waals surface area contributed by atoms with Gasteiger partial charge in [0.1, 0.15) is 0 Å². The fraction of sp³-hybridized carbons (Fsp3) is 0.600. The number of benzene rings is 1. The van der Waals surface area contributed by atoms with Crippen LogP contribution in [-0.4, -0.2) is 20.8 Å². The molecule has 0 heterocycles. The van der Waals surface area contributed by atoms with Gasteiger partial charge in [0.05, 0.1) is 0 Å². The summed E-state index contributed by atoms with van der Waals surface area (Å²) in [7, 11) is 4.14. The normalized spacial score (nSPS) is 11.6. The predicted molar refractivity (Wildman–Crippen MR) is 91.1 cm³/mol. The second kappa shape index (κ2) is 8.18.